The fraction of sp³-hybridized carbons (Fsp3) is 0.0714. The summed E-state index contributed by atoms with van der Waals surface area (Å²) >= 11 is 0. The average molecular weight is 256 g/mol. The van der Waals surface area contributed by atoms with Gasteiger partial charge in [-0.2, -0.15) is 0 Å². The molecule has 0 unspecified atom stereocenters. The van der Waals surface area contributed by atoms with Gasteiger partial charge in [-0.15, -0.1) is 0 Å². The molecule has 2 aromatic heterocycles. The second kappa shape index (κ2) is 6.11. The number of aromatic nitrogens is 2. The van der Waals surface area contributed by atoms with Gasteiger partial charge in [-0.25, -0.2) is 0 Å². The van der Waals surface area contributed by atoms with Crippen LogP contribution < -0.4 is 9.13 Å². The van der Waals surface area contributed by atoms with Crippen molar-refractivity contribution in [3.8, 4) is 16.8 Å². The zero-order valence-corrected chi connectivity index (χ0v) is 10.8. The molecule has 0 amide bonds. The molecule has 0 aliphatic rings. The van der Waals surface area contributed by atoms with E-state index >= 15 is 0 Å². The average Bonchev–Trinajstić information content (AvgIpc) is 2.46. The van der Waals surface area contributed by atoms with Gasteiger partial charge < -0.3 is 0 Å². The molecule has 0 aromatic carbocycles. The van der Waals surface area contributed by atoms with Gasteiger partial charge >= 0.3 is 107 Å². The Kier molecular flexibility index (Phi) is 4.25. The van der Waals surface area contributed by atoms with Gasteiger partial charge in [0.15, 0.2) is 0 Å². The molecule has 3 nitrogen and oxygen atoms in total. The Hall–Kier alpha value is -1.95. The first-order chi connectivity index (χ1) is 8.83. The summed E-state index contributed by atoms with van der Waals surface area (Å²) < 4.78 is 14.1. The maximum absolute atomic E-state index is 10.3. The Labute approximate surface area is 107 Å². The van der Waals surface area contributed by atoms with Crippen molar-refractivity contribution in [1.82, 2.24) is 0 Å². The second-order valence-electron chi connectivity index (χ2n) is 3.73. The van der Waals surface area contributed by atoms with Crippen molar-refractivity contribution in [2.45, 2.75) is 6.54 Å². The fourth-order valence-electron chi connectivity index (χ4n) is 1.62. The Balaban J connectivity index is 2.24. The first kappa shape index (κ1) is 12.5. The summed E-state index contributed by atoms with van der Waals surface area (Å²) in [5, 5.41) is 0. The molecule has 0 bridgehead atoms. The maximum atomic E-state index is 10.3. The summed E-state index contributed by atoms with van der Waals surface area (Å²) in [6.07, 6.45) is 9.56. The van der Waals surface area contributed by atoms with Gasteiger partial charge in [-0.3, -0.25) is 0 Å². The van der Waals surface area contributed by atoms with Gasteiger partial charge in [0.25, 0.3) is 0 Å². The van der Waals surface area contributed by atoms with Crippen LogP contribution in [0.15, 0.2) is 55.6 Å². The van der Waals surface area contributed by atoms with E-state index in [1.807, 2.05) is 58.2 Å². The van der Waals surface area contributed by atoms with Crippen molar-refractivity contribution in [3.63, 3.8) is 0 Å². The van der Waals surface area contributed by atoms with Crippen LogP contribution in [0.25, 0.3) is 17.3 Å². The molecule has 2 heterocycles. The summed E-state index contributed by atoms with van der Waals surface area (Å²) in [6, 6.07) is 8.12. The van der Waals surface area contributed by atoms with E-state index in [1.54, 1.807) is 6.20 Å². The van der Waals surface area contributed by atoms with Gasteiger partial charge in [0.1, 0.15) is 0 Å². The predicted octanol–water partition coefficient (Wildman–Crippen LogP) is 2.28. The third kappa shape index (κ3) is 3.04. The topological polar surface area (TPSA) is 24.8 Å². The van der Waals surface area contributed by atoms with Crippen LogP contribution in [-0.2, 0) is 11.1 Å². The molecule has 2 aromatic rings. The van der Waals surface area contributed by atoms with E-state index in [9.17, 15) is 4.57 Å². The second-order valence-corrected chi connectivity index (χ2v) is 4.22. The van der Waals surface area contributed by atoms with Crippen LogP contribution in [-0.4, -0.2) is 0 Å². The molecule has 0 radical (unpaired) electrons. The fourth-order valence-corrected chi connectivity index (χ4v) is 1.84. The molecule has 0 fully saturated rings. The molecular weight excluding hydrogens is 243 g/mol. The molecule has 18 heavy (non-hydrogen) atoms. The molecule has 0 spiro atoms. The number of rotatable bonds is 3. The van der Waals surface area contributed by atoms with Crippen molar-refractivity contribution in [2.75, 3.05) is 0 Å². The van der Waals surface area contributed by atoms with Gasteiger partial charge in [0.05, 0.1) is 0 Å². The Bertz CT molecular complexity index is 642. The van der Waals surface area contributed by atoms with E-state index in [1.165, 1.54) is 0 Å². The van der Waals surface area contributed by atoms with Crippen LogP contribution in [0.2, 0.25) is 0 Å². The molecule has 88 valence electrons. The summed E-state index contributed by atoms with van der Waals surface area (Å²) in [6.45, 7) is 4.22. The van der Waals surface area contributed by atoms with Gasteiger partial charge in [0, 0.05) is 0 Å². The monoisotopic (exact) mass is 256 g/mol. The molecule has 0 aliphatic carbocycles. The molecule has 0 N–H and O–H groups in total. The van der Waals surface area contributed by atoms with Crippen LogP contribution in [0.3, 0.4) is 0 Å². The number of hydrogen-bond donors (Lipinski definition) is 0. The molecule has 0 saturated heterocycles. The van der Waals surface area contributed by atoms with Crippen molar-refractivity contribution in [3.05, 3.63) is 55.6 Å². The van der Waals surface area contributed by atoms with Gasteiger partial charge in [-0.05, 0) is 0 Å². The summed E-state index contributed by atoms with van der Waals surface area (Å²) in [5.41, 5.74) is 4.99. The first-order valence-electron chi connectivity index (χ1n) is 5.51. The van der Waals surface area contributed by atoms with Crippen molar-refractivity contribution in [1.29, 1.82) is 0 Å². The van der Waals surface area contributed by atoms with Gasteiger partial charge in [-0.1, -0.05) is 0 Å². The quantitative estimate of drug-likeness (QED) is 0.611. The summed E-state index contributed by atoms with van der Waals surface area (Å²) in [5.74, 6) is 0. The third-order valence-electron chi connectivity index (χ3n) is 2.61. The van der Waals surface area contributed by atoms with E-state index in [-0.39, 0.29) is 7.92 Å². The molecule has 0 atom stereocenters. The van der Waals surface area contributed by atoms with Crippen molar-refractivity contribution >= 4 is 14.1 Å². The van der Waals surface area contributed by atoms with Crippen LogP contribution >= 0.6 is 7.92 Å². The third-order valence-corrected chi connectivity index (χ3v) is 2.88. The van der Waals surface area contributed by atoms with Gasteiger partial charge in [0.2, 0.25) is 0 Å². The number of nitrogens with zero attached hydrogens (tertiary/aromatic N) is 2. The molecule has 2 rings (SSSR count). The number of pyridine rings is 2. The van der Waals surface area contributed by atoms with Crippen LogP contribution in [0.5, 0.6) is 0 Å². The normalized spacial score (nSPS) is 9.56. The first-order valence-corrected chi connectivity index (χ1v) is 6.33. The molecular formula is C14H13N2OP+2. The zero-order valence-electron chi connectivity index (χ0n) is 9.86. The molecule has 4 heteroatoms. The van der Waals surface area contributed by atoms with E-state index in [2.05, 4.69) is 12.2 Å². The van der Waals surface area contributed by atoms with E-state index in [0.717, 1.165) is 11.1 Å². The van der Waals surface area contributed by atoms with Crippen molar-refractivity contribution < 1.29 is 13.7 Å². The van der Waals surface area contributed by atoms with E-state index in [0.29, 0.717) is 6.54 Å². The predicted molar refractivity (Wildman–Crippen MR) is 70.1 cm³/mol. The zero-order chi connectivity index (χ0) is 12.8. The standard InChI is InChI=1S/C14H13N2OP/c1-2-15-7-3-13(4-8-15)14-5-9-16(10-6-14)11-12-18-17/h2-10H,1,11H2/q+2. The van der Waals surface area contributed by atoms with Crippen LogP contribution in [0.1, 0.15) is 0 Å². The number of hydrogen-bond acceptors (Lipinski definition) is 1. The molecule has 0 saturated carbocycles. The Morgan fingerprint density at radius 1 is 1.11 bits per heavy atom. The minimum atomic E-state index is -0.0565. The summed E-state index contributed by atoms with van der Waals surface area (Å²) in [4.78, 5) is 0. The van der Waals surface area contributed by atoms with Crippen LogP contribution in [0.4, 0.5) is 0 Å². The van der Waals surface area contributed by atoms with E-state index < -0.39 is 0 Å². The van der Waals surface area contributed by atoms with Crippen LogP contribution in [0, 0.1) is 5.63 Å². The summed E-state index contributed by atoms with van der Waals surface area (Å²) in [7, 11) is -0.0565. The Morgan fingerprint density at radius 3 is 2.17 bits per heavy atom. The minimum absolute atomic E-state index is 0.0565. The molecule has 0 aliphatic heterocycles. The SMILES string of the molecule is C=C[n+]1ccc(-c2cc[n+](CC#P=O)cc2)cc1. The van der Waals surface area contributed by atoms with Crippen molar-refractivity contribution in [2.24, 2.45) is 0 Å². The van der Waals surface area contributed by atoms with E-state index in [4.69, 9.17) is 0 Å². The Morgan fingerprint density at radius 2 is 1.67 bits per heavy atom.